The normalized spacial score (nSPS) is 12.3. The van der Waals surface area contributed by atoms with Crippen LogP contribution in [0.15, 0.2) is 164 Å². The summed E-state index contributed by atoms with van der Waals surface area (Å²) < 4.78 is 0. The van der Waals surface area contributed by atoms with Crippen molar-refractivity contribution in [2.45, 2.75) is 6.42 Å². The number of nitrogens with zero attached hydrogens (tertiary/aromatic N) is 2. The van der Waals surface area contributed by atoms with Crippen molar-refractivity contribution in [3.63, 3.8) is 0 Å². The SMILES string of the molecule is C1=Cc2ccc(-c3c4ccccc4c(-c4ccc5ccccc5c4)c4cc(-c5ccc(-c6cnc7ccccc7c6)nc5)ccc34)cc2C1. The molecule has 1 aliphatic carbocycles. The summed E-state index contributed by atoms with van der Waals surface area (Å²) in [5.74, 6) is 0. The Balaban J connectivity index is 1.19. The molecule has 2 heteroatoms. The number of allylic oxidation sites excluding steroid dienone is 1. The number of pyridine rings is 2. The zero-order valence-electron chi connectivity index (χ0n) is 26.8. The van der Waals surface area contributed by atoms with E-state index in [1.54, 1.807) is 0 Å². The highest BCUT2D eigenvalue weighted by molar-refractivity contribution is 6.22. The Bertz CT molecular complexity index is 2790. The Hall–Kier alpha value is -6.38. The molecule has 0 saturated heterocycles. The molecule has 1 aliphatic rings. The summed E-state index contributed by atoms with van der Waals surface area (Å²) in [5, 5.41) is 8.62. The molecule has 2 nitrogen and oxygen atoms in total. The van der Waals surface area contributed by atoms with Crippen LogP contribution in [-0.4, -0.2) is 9.97 Å². The van der Waals surface area contributed by atoms with Crippen LogP contribution in [0.5, 0.6) is 0 Å². The molecule has 7 aromatic carbocycles. The molecule has 0 fully saturated rings. The van der Waals surface area contributed by atoms with Gasteiger partial charge < -0.3 is 0 Å². The molecule has 0 radical (unpaired) electrons. The zero-order valence-corrected chi connectivity index (χ0v) is 26.8. The molecule has 0 N–H and O–H groups in total. The molecular formula is C47H30N2. The molecule has 0 atom stereocenters. The van der Waals surface area contributed by atoms with E-state index in [-0.39, 0.29) is 0 Å². The third-order valence-electron chi connectivity index (χ3n) is 10.1. The van der Waals surface area contributed by atoms with E-state index in [9.17, 15) is 0 Å². The van der Waals surface area contributed by atoms with Gasteiger partial charge in [0.15, 0.2) is 0 Å². The molecule has 49 heavy (non-hydrogen) atoms. The third kappa shape index (κ3) is 4.64. The van der Waals surface area contributed by atoms with Gasteiger partial charge in [0.1, 0.15) is 0 Å². The summed E-state index contributed by atoms with van der Waals surface area (Å²) >= 11 is 0. The number of aromatic nitrogens is 2. The molecule has 10 rings (SSSR count). The molecule has 0 amide bonds. The van der Waals surface area contributed by atoms with Gasteiger partial charge in [-0.3, -0.25) is 9.97 Å². The highest BCUT2D eigenvalue weighted by Gasteiger charge is 2.19. The zero-order chi connectivity index (χ0) is 32.3. The molecule has 0 unspecified atom stereocenters. The molecule has 228 valence electrons. The quantitative estimate of drug-likeness (QED) is 0.183. The minimum Gasteiger partial charge on any atom is -0.256 e. The molecule has 2 aromatic heterocycles. The van der Waals surface area contributed by atoms with Gasteiger partial charge in [-0.1, -0.05) is 127 Å². The Morgan fingerprint density at radius 3 is 1.92 bits per heavy atom. The van der Waals surface area contributed by atoms with Crippen LogP contribution in [0.3, 0.4) is 0 Å². The fourth-order valence-electron chi connectivity index (χ4n) is 7.68. The lowest BCUT2D eigenvalue weighted by Gasteiger charge is -2.19. The van der Waals surface area contributed by atoms with Crippen molar-refractivity contribution in [3.8, 4) is 44.6 Å². The minimum absolute atomic E-state index is 0.916. The first-order chi connectivity index (χ1) is 24.3. The van der Waals surface area contributed by atoms with Gasteiger partial charge in [-0.05, 0) is 108 Å². The molecular weight excluding hydrogens is 593 g/mol. The molecule has 0 spiro atoms. The van der Waals surface area contributed by atoms with Gasteiger partial charge in [-0.15, -0.1) is 0 Å². The van der Waals surface area contributed by atoms with E-state index in [1.807, 2.05) is 30.6 Å². The van der Waals surface area contributed by atoms with Crippen LogP contribution in [0.25, 0.3) is 93.9 Å². The summed E-state index contributed by atoms with van der Waals surface area (Å²) in [6.45, 7) is 0. The molecule has 0 bridgehead atoms. The summed E-state index contributed by atoms with van der Waals surface area (Å²) in [4.78, 5) is 9.59. The van der Waals surface area contributed by atoms with Gasteiger partial charge in [0, 0.05) is 28.9 Å². The van der Waals surface area contributed by atoms with E-state index < -0.39 is 0 Å². The van der Waals surface area contributed by atoms with E-state index in [2.05, 4.69) is 145 Å². The smallest absolute Gasteiger partial charge is 0.0718 e. The van der Waals surface area contributed by atoms with Gasteiger partial charge in [-0.2, -0.15) is 0 Å². The Kier molecular flexibility index (Phi) is 6.28. The van der Waals surface area contributed by atoms with Crippen LogP contribution in [0.1, 0.15) is 11.1 Å². The lowest BCUT2D eigenvalue weighted by molar-refractivity contribution is 1.31. The molecule has 2 heterocycles. The van der Waals surface area contributed by atoms with Crippen molar-refractivity contribution in [1.29, 1.82) is 0 Å². The van der Waals surface area contributed by atoms with Crippen LogP contribution in [-0.2, 0) is 6.42 Å². The van der Waals surface area contributed by atoms with E-state index in [0.29, 0.717) is 0 Å². The molecule has 0 saturated carbocycles. The Morgan fingerprint density at radius 2 is 1.06 bits per heavy atom. The number of benzene rings is 7. The number of hydrogen-bond donors (Lipinski definition) is 0. The highest BCUT2D eigenvalue weighted by atomic mass is 14.7. The average Bonchev–Trinajstić information content (AvgIpc) is 3.65. The van der Waals surface area contributed by atoms with Gasteiger partial charge in [0.2, 0.25) is 0 Å². The molecule has 9 aromatic rings. The van der Waals surface area contributed by atoms with Crippen LogP contribution < -0.4 is 0 Å². The Morgan fingerprint density at radius 1 is 0.408 bits per heavy atom. The maximum absolute atomic E-state index is 4.93. The standard InChI is InChI=1S/C47H30N2/c1-2-9-32-24-37(19-16-30(32)8-1)47-41-14-5-4-13-40(41)46(36-18-17-31-11-7-12-33(31)25-36)42-22-20-34(27-43(42)47)38-21-23-45(48-28-38)39-26-35-10-3-6-15-44(35)49-29-39/h1-11,13-29H,12H2. The topological polar surface area (TPSA) is 25.8 Å². The van der Waals surface area contributed by atoms with Crippen molar-refractivity contribution in [3.05, 3.63) is 175 Å². The maximum atomic E-state index is 4.93. The van der Waals surface area contributed by atoms with Crippen LogP contribution in [0.4, 0.5) is 0 Å². The van der Waals surface area contributed by atoms with E-state index >= 15 is 0 Å². The monoisotopic (exact) mass is 622 g/mol. The second-order valence-corrected chi connectivity index (χ2v) is 13.0. The van der Waals surface area contributed by atoms with Crippen molar-refractivity contribution < 1.29 is 0 Å². The summed E-state index contributed by atoms with van der Waals surface area (Å²) in [6.07, 6.45) is 9.39. The maximum Gasteiger partial charge on any atom is 0.0718 e. The number of fused-ring (bicyclic) bond motifs is 5. The minimum atomic E-state index is 0.916. The van der Waals surface area contributed by atoms with Gasteiger partial charge in [0.05, 0.1) is 11.2 Å². The van der Waals surface area contributed by atoms with E-state index in [4.69, 9.17) is 4.98 Å². The summed E-state index contributed by atoms with van der Waals surface area (Å²) in [6, 6.07) is 53.0. The van der Waals surface area contributed by atoms with Crippen LogP contribution in [0.2, 0.25) is 0 Å². The second kappa shape index (κ2) is 11.1. The predicted molar refractivity (Wildman–Crippen MR) is 207 cm³/mol. The Labute approximate surface area is 284 Å². The first-order valence-corrected chi connectivity index (χ1v) is 16.9. The van der Waals surface area contributed by atoms with Crippen molar-refractivity contribution >= 4 is 49.3 Å². The van der Waals surface area contributed by atoms with E-state index in [0.717, 1.165) is 39.7 Å². The fourth-order valence-corrected chi connectivity index (χ4v) is 7.68. The summed E-state index contributed by atoms with van der Waals surface area (Å²) in [5.41, 5.74) is 12.9. The second-order valence-electron chi connectivity index (χ2n) is 13.0. The van der Waals surface area contributed by atoms with Gasteiger partial charge in [0.25, 0.3) is 0 Å². The summed E-state index contributed by atoms with van der Waals surface area (Å²) in [7, 11) is 0. The lowest BCUT2D eigenvalue weighted by atomic mass is 9.84. The van der Waals surface area contributed by atoms with Gasteiger partial charge >= 0.3 is 0 Å². The lowest BCUT2D eigenvalue weighted by Crippen LogP contribution is -1.93. The van der Waals surface area contributed by atoms with E-state index in [1.165, 1.54) is 65.7 Å². The predicted octanol–water partition coefficient (Wildman–Crippen LogP) is 12.3. The average molecular weight is 623 g/mol. The van der Waals surface area contributed by atoms with Crippen molar-refractivity contribution in [2.75, 3.05) is 0 Å². The number of hydrogen-bond acceptors (Lipinski definition) is 2. The van der Waals surface area contributed by atoms with Crippen molar-refractivity contribution in [2.24, 2.45) is 0 Å². The first kappa shape index (κ1) is 27.7. The molecule has 0 aliphatic heterocycles. The van der Waals surface area contributed by atoms with Gasteiger partial charge in [-0.25, -0.2) is 0 Å². The number of rotatable bonds is 4. The van der Waals surface area contributed by atoms with Crippen LogP contribution in [0, 0.1) is 0 Å². The first-order valence-electron chi connectivity index (χ1n) is 16.9. The van der Waals surface area contributed by atoms with Crippen LogP contribution >= 0.6 is 0 Å². The largest absolute Gasteiger partial charge is 0.256 e. The third-order valence-corrected chi connectivity index (χ3v) is 10.1. The fraction of sp³-hybridized carbons (Fsp3) is 0.0213. The highest BCUT2D eigenvalue weighted by Crippen LogP contribution is 2.46. The van der Waals surface area contributed by atoms with Crippen molar-refractivity contribution in [1.82, 2.24) is 9.97 Å². The number of para-hydroxylation sites is 1.